The fourth-order valence-electron chi connectivity index (χ4n) is 18.0. The first-order valence-electron chi connectivity index (χ1n) is 41.0. The van der Waals surface area contributed by atoms with Crippen molar-refractivity contribution in [3.05, 3.63) is 413 Å². The summed E-state index contributed by atoms with van der Waals surface area (Å²) in [5.41, 5.74) is -29.1. The van der Waals surface area contributed by atoms with Gasteiger partial charge in [0.1, 0.15) is 114 Å². The van der Waals surface area contributed by atoms with Crippen LogP contribution < -0.4 is 40.8 Å². The zero-order valence-electron chi connectivity index (χ0n) is 74.1. The number of rotatable bonds is 12. The molecule has 49 heteroatoms. The second-order valence-electron chi connectivity index (χ2n) is 32.7. The molecule has 0 amide bonds. The van der Waals surface area contributed by atoms with E-state index in [0.717, 1.165) is 42.0 Å². The maximum atomic E-state index is 15.4. The molecule has 0 unspecified atom stereocenters. The van der Waals surface area contributed by atoms with E-state index < -0.39 is 300 Å². The predicted octanol–water partition coefficient (Wildman–Crippen LogP) is 28.1. The zero-order chi connectivity index (χ0) is 111. The molecule has 0 aromatic heterocycles. The molecule has 0 atom stereocenters. The molecule has 0 fully saturated rings. The first-order chi connectivity index (χ1) is 68.8. The van der Waals surface area contributed by atoms with Crippen LogP contribution in [0.1, 0.15) is 100 Å². The minimum Gasteiger partial charge on any atom is -0.405 e. The topological polar surface area (TPSA) is 187 Å². The molecule has 0 saturated heterocycles. The van der Waals surface area contributed by atoms with Gasteiger partial charge in [0, 0.05) is 77.9 Å². The fourth-order valence-corrected chi connectivity index (χ4v) is 22.2. The van der Waals surface area contributed by atoms with Crippen LogP contribution in [0.25, 0.3) is 62.5 Å². The van der Waals surface area contributed by atoms with Crippen LogP contribution in [-0.2, 0) is 57.1 Å². The molecule has 0 N–H and O–H groups in total. The molecule has 14 nitrogen and oxygen atoms in total. The number of aryl methyl sites for hydroxylation is 3. The molecule has 0 bridgehead atoms. The number of alkyl halides is 21. The number of benzene rings is 9. The van der Waals surface area contributed by atoms with E-state index in [1.807, 2.05) is 0 Å². The van der Waals surface area contributed by atoms with E-state index in [-0.39, 0.29) is 84.2 Å². The van der Waals surface area contributed by atoms with Crippen molar-refractivity contribution in [2.75, 3.05) is 0 Å². The number of thioether (sulfide) groups is 2. The van der Waals surface area contributed by atoms with Crippen LogP contribution in [0.2, 0.25) is 0 Å². The quantitative estimate of drug-likeness (QED) is 0.0493. The minimum absolute atomic E-state index is 0.0510. The van der Waals surface area contributed by atoms with Crippen molar-refractivity contribution in [2.45, 2.75) is 121 Å². The summed E-state index contributed by atoms with van der Waals surface area (Å²) in [6.45, 7) is 49.8. The van der Waals surface area contributed by atoms with Crippen molar-refractivity contribution < 1.29 is 141 Å². The van der Waals surface area contributed by atoms with Crippen molar-refractivity contribution in [3.63, 3.8) is 0 Å². The molecular formula is C100H45F31N12O2S4. The van der Waals surface area contributed by atoms with E-state index in [0.29, 0.717) is 47.5 Å². The molecule has 0 radical (unpaired) electrons. The van der Waals surface area contributed by atoms with E-state index in [2.05, 4.69) is 38.5 Å². The summed E-state index contributed by atoms with van der Waals surface area (Å²) >= 11 is -1.31. The van der Waals surface area contributed by atoms with Crippen molar-refractivity contribution >= 4 is 77.4 Å². The standard InChI is InChI=1S/C34H15F9N4O2.C34H15F9N4S2.C32H15F13N4S2/c2*1-16-4-6-17(7-5-16)26-24(31(46-2)47-3)13-23-28(26)29(48-33(38,39)40)22-12-21(19(14-44)15-45)25(27(22)30(23)49-34(41,42)43)18-8-10-20(11-9-18)32(35,36)37;1-16-4-6-17(7-5-16)26-24(31(48-2)49-3)13-23-28(26)29(50(36,37,38,39)40)22-12-21(19(14-46)15-47)25(27(22)30(23)51(41,42,43,44)45)18-8-10-20(11-9-18)32(33,34)35/h2*4-11H,12-13H2,1H3;4-11H,12-13H2,1H3. The van der Waals surface area contributed by atoms with Crippen LogP contribution in [0.3, 0.4) is 0 Å². The second-order valence-corrected chi connectivity index (χ2v) is 39.5. The van der Waals surface area contributed by atoms with E-state index in [1.54, 1.807) is 62.4 Å². The minimum atomic E-state index is -11.5. The summed E-state index contributed by atoms with van der Waals surface area (Å²) in [6, 6.07) is 32.2. The van der Waals surface area contributed by atoms with Crippen LogP contribution in [0, 0.1) is 128 Å². The van der Waals surface area contributed by atoms with Gasteiger partial charge in [-0.05, 0) is 199 Å². The third-order valence-corrected chi connectivity index (χ3v) is 27.7. The highest BCUT2D eigenvalue weighted by Crippen LogP contribution is 3.04. The number of nitrogens with zero attached hydrogens (tertiary/aromatic N) is 12. The monoisotopic (exact) mass is 2160 g/mol. The summed E-state index contributed by atoms with van der Waals surface area (Å²) in [4.78, 5) is 10.9. The molecular weight excluding hydrogens is 2120 g/mol. The molecule has 6 aliphatic rings. The Morgan fingerprint density at radius 1 is 0.275 bits per heavy atom. The van der Waals surface area contributed by atoms with Gasteiger partial charge >= 0.3 is 80.2 Å². The Balaban J connectivity index is 0.000000186. The average Bonchev–Trinajstić information content (AvgIpc) is 1.50. The lowest BCUT2D eigenvalue weighted by Gasteiger charge is -2.45. The number of allylic oxidation sites excluding steroid dienone is 9. The maximum absolute atomic E-state index is 15.4. The van der Waals surface area contributed by atoms with Gasteiger partial charge in [0.15, 0.2) is 0 Å². The van der Waals surface area contributed by atoms with Gasteiger partial charge in [-0.15, -0.1) is 26.3 Å². The Labute approximate surface area is 827 Å². The van der Waals surface area contributed by atoms with Crippen molar-refractivity contribution in [1.82, 2.24) is 0 Å². The molecule has 149 heavy (non-hydrogen) atoms. The first-order valence-corrected chi connectivity index (χ1v) is 46.5. The van der Waals surface area contributed by atoms with Crippen LogP contribution in [0.15, 0.2) is 233 Å². The van der Waals surface area contributed by atoms with Gasteiger partial charge in [-0.3, -0.25) is 0 Å². The third kappa shape index (κ3) is 21.8. The predicted molar refractivity (Wildman–Crippen MR) is 478 cm³/mol. The van der Waals surface area contributed by atoms with Crippen LogP contribution in [0.4, 0.5) is 131 Å². The first kappa shape index (κ1) is 110. The molecule has 758 valence electrons. The number of hydrogen-bond acceptors (Lipinski definition) is 10. The fraction of sp³-hybridized carbons (Fsp3) is 0.160. The summed E-state index contributed by atoms with van der Waals surface area (Å²) in [7, 11) is -22.9. The van der Waals surface area contributed by atoms with E-state index in [4.69, 9.17) is 39.4 Å². The van der Waals surface area contributed by atoms with Crippen LogP contribution >= 0.6 is 44.0 Å². The Bertz CT molecular complexity index is 8210. The van der Waals surface area contributed by atoms with Crippen molar-refractivity contribution in [2.24, 2.45) is 0 Å². The molecule has 15 rings (SSSR count). The van der Waals surface area contributed by atoms with Gasteiger partial charge < -0.3 is 9.47 Å². The maximum Gasteiger partial charge on any atom is 0.573 e. The Hall–Kier alpha value is -16.7. The highest BCUT2D eigenvalue weighted by molar-refractivity contribution is 8.46. The van der Waals surface area contributed by atoms with Crippen LogP contribution in [0.5, 0.6) is 11.5 Å². The summed E-state index contributed by atoms with van der Waals surface area (Å²) < 4.78 is 456. The second kappa shape index (κ2) is 37.1. The number of nitriles is 6. The third-order valence-electron chi connectivity index (χ3n) is 23.4. The molecule has 0 aliphatic heterocycles. The normalized spacial score (nSPS) is 15.0. The lowest BCUT2D eigenvalue weighted by atomic mass is 9.94. The largest absolute Gasteiger partial charge is 0.573 e. The Morgan fingerprint density at radius 2 is 0.470 bits per heavy atom. The van der Waals surface area contributed by atoms with Gasteiger partial charge in [-0.2, -0.15) is 126 Å². The molecule has 6 aliphatic carbocycles. The summed E-state index contributed by atoms with van der Waals surface area (Å²) in [5.74, 6) is -4.59. The van der Waals surface area contributed by atoms with Gasteiger partial charge in [0.05, 0.1) is 33.4 Å². The van der Waals surface area contributed by atoms with Gasteiger partial charge in [0.2, 0.25) is 0 Å². The van der Waals surface area contributed by atoms with E-state index in [1.165, 1.54) is 55.5 Å². The number of halogens is 31. The summed E-state index contributed by atoms with van der Waals surface area (Å²) in [5, 5.41) is 51.9. The lowest BCUT2D eigenvalue weighted by molar-refractivity contribution is -0.277. The zero-order valence-corrected chi connectivity index (χ0v) is 77.4. The molecule has 9 aromatic rings. The highest BCUT2D eigenvalue weighted by Gasteiger charge is 2.73. The van der Waals surface area contributed by atoms with E-state index in [9.17, 15) is 124 Å². The highest BCUT2D eigenvalue weighted by atomic mass is 32.5. The Kier molecular flexibility index (Phi) is 27.3. The number of ether oxygens (including phenoxy) is 2. The van der Waals surface area contributed by atoms with Crippen LogP contribution in [-0.4, -0.2) is 23.7 Å². The number of fused-ring (bicyclic) bond motifs is 6. The number of hydrogen-bond donors (Lipinski definition) is 0. The molecule has 0 heterocycles. The molecule has 9 aromatic carbocycles. The smallest absolute Gasteiger partial charge is 0.405 e. The van der Waals surface area contributed by atoms with Gasteiger partial charge in [-0.1, -0.05) is 165 Å². The lowest BCUT2D eigenvalue weighted by Crippen LogP contribution is -2.34. The Morgan fingerprint density at radius 3 is 0.698 bits per heavy atom. The molecule has 0 spiro atoms. The van der Waals surface area contributed by atoms with Gasteiger partial charge in [-0.25, -0.2) is 0 Å². The molecule has 0 saturated carbocycles. The van der Waals surface area contributed by atoms with Crippen molar-refractivity contribution in [1.29, 1.82) is 31.6 Å². The van der Waals surface area contributed by atoms with Crippen molar-refractivity contribution in [3.8, 4) is 47.9 Å². The summed E-state index contributed by atoms with van der Waals surface area (Å²) in [6.07, 6.45) is -32.0. The van der Waals surface area contributed by atoms with E-state index >= 15 is 38.9 Å². The van der Waals surface area contributed by atoms with Gasteiger partial charge in [0.25, 0.3) is 0 Å². The average molecular weight is 2160 g/mol. The SMILES string of the molecule is [C-]#[N+]C([N+]#[C-])=C1Cc2c(OC(F)(F)F)c3c(c(OC(F)(F)F)c2=C1c1ccc(C)cc1)CC(=C(C#N)C#N)C=3c1ccc(C(F)(F)F)cc1.[C-]#[N+]C([N+]#[C-])=C1Cc2c(S(F)(F)(F)(F)F)c3c(c(S(F)(F)(F)(F)F)c2=C1c1ccc(C)cc1)CC(=C(C#N)C#N)C=3c1ccc(C(F)(F)F)cc1.[C-]#[N+]C([N+]#[C-])=C1Cc2c(SC(F)(F)F)c3c(c(SC(F)(F)F)c2=C1c1ccc(C)cc1)CC(=C(C#N)C#N)C=3c1ccc(C(F)(F)F)cc1.